The highest BCUT2D eigenvalue weighted by Crippen LogP contribution is 2.65. The fourth-order valence-electron chi connectivity index (χ4n) is 5.13. The Bertz CT molecular complexity index is 1570. The van der Waals surface area contributed by atoms with E-state index in [0.29, 0.717) is 33.8 Å². The number of hydrogen-bond donors (Lipinski definition) is 0. The van der Waals surface area contributed by atoms with E-state index in [1.165, 1.54) is 29.1 Å². The molecule has 0 N–H and O–H groups in total. The number of oxazole rings is 1. The quantitative estimate of drug-likeness (QED) is 0.305. The van der Waals surface area contributed by atoms with Crippen LogP contribution in [0.2, 0.25) is 0 Å². The van der Waals surface area contributed by atoms with Crippen molar-refractivity contribution in [3.05, 3.63) is 125 Å². The molecular weight excluding hydrogens is 522 g/mol. The molecule has 1 saturated heterocycles. The first-order chi connectivity index (χ1) is 18.9. The van der Waals surface area contributed by atoms with E-state index >= 15 is 0 Å². The van der Waals surface area contributed by atoms with Crippen LogP contribution in [0, 0.1) is 0 Å². The molecule has 0 aromatic carbocycles. The molecule has 13 heteroatoms. The van der Waals surface area contributed by atoms with Gasteiger partial charge in [0.05, 0.1) is 29.5 Å². The van der Waals surface area contributed by atoms with E-state index in [2.05, 4.69) is 25.1 Å². The van der Waals surface area contributed by atoms with Gasteiger partial charge in [-0.15, -0.1) is 11.3 Å². The standard InChI is InChI=1S/C25H17N9O2S2/c1-2-7-28-20(5-1)34-25(19-6-14-38-33-19,22-29-11-13-35-22)24(23-30-12-15-37-23,18-4-3-8-31-32-18)21(36-34)17-16-26-9-10-27-17/h1-16,21H. The number of rotatable bonds is 6. The van der Waals surface area contributed by atoms with E-state index in [0.717, 1.165) is 0 Å². The average Bonchev–Trinajstić information content (AvgIpc) is 3.81. The predicted octanol–water partition coefficient (Wildman–Crippen LogP) is 3.99. The van der Waals surface area contributed by atoms with Crippen molar-refractivity contribution in [3.8, 4) is 0 Å². The topological polar surface area (TPSA) is 129 Å². The van der Waals surface area contributed by atoms with E-state index < -0.39 is 17.1 Å². The Balaban J connectivity index is 1.70. The van der Waals surface area contributed by atoms with Gasteiger partial charge >= 0.3 is 0 Å². The summed E-state index contributed by atoms with van der Waals surface area (Å²) in [5, 5.41) is 15.1. The monoisotopic (exact) mass is 539 g/mol. The van der Waals surface area contributed by atoms with Crippen LogP contribution in [0.15, 0.2) is 101 Å². The highest BCUT2D eigenvalue weighted by molar-refractivity contribution is 7.09. The van der Waals surface area contributed by atoms with Crippen molar-refractivity contribution in [2.75, 3.05) is 5.06 Å². The van der Waals surface area contributed by atoms with Crippen molar-refractivity contribution in [2.24, 2.45) is 0 Å². The molecule has 0 saturated carbocycles. The lowest BCUT2D eigenvalue weighted by atomic mass is 9.62. The third-order valence-corrected chi connectivity index (χ3v) is 7.95. The molecule has 0 radical (unpaired) electrons. The Labute approximate surface area is 224 Å². The molecule has 7 heterocycles. The molecule has 7 rings (SSSR count). The molecule has 11 nitrogen and oxygen atoms in total. The van der Waals surface area contributed by atoms with E-state index in [-0.39, 0.29) is 0 Å². The van der Waals surface area contributed by atoms with Gasteiger partial charge in [-0.3, -0.25) is 14.8 Å². The van der Waals surface area contributed by atoms with Crippen molar-refractivity contribution in [2.45, 2.75) is 17.1 Å². The largest absolute Gasteiger partial charge is 0.446 e. The molecule has 1 aliphatic heterocycles. The van der Waals surface area contributed by atoms with Gasteiger partial charge in [0, 0.05) is 41.7 Å². The van der Waals surface area contributed by atoms with Gasteiger partial charge in [0.1, 0.15) is 16.7 Å². The summed E-state index contributed by atoms with van der Waals surface area (Å²) in [5.41, 5.74) is -0.890. The van der Waals surface area contributed by atoms with Crippen LogP contribution >= 0.6 is 22.9 Å². The van der Waals surface area contributed by atoms with Crippen LogP contribution in [0.5, 0.6) is 0 Å². The van der Waals surface area contributed by atoms with Gasteiger partial charge in [-0.2, -0.15) is 14.6 Å². The third kappa shape index (κ3) is 3.09. The number of anilines is 1. The minimum atomic E-state index is -1.37. The van der Waals surface area contributed by atoms with Crippen molar-refractivity contribution in [3.63, 3.8) is 0 Å². The van der Waals surface area contributed by atoms with Crippen LogP contribution < -0.4 is 5.06 Å². The van der Waals surface area contributed by atoms with Crippen molar-refractivity contribution >= 4 is 28.7 Å². The first-order valence-electron chi connectivity index (χ1n) is 11.5. The second-order valence-electron chi connectivity index (χ2n) is 8.28. The molecule has 0 spiro atoms. The summed E-state index contributed by atoms with van der Waals surface area (Å²) in [7, 11) is 0. The first kappa shape index (κ1) is 22.7. The second-order valence-corrected chi connectivity index (χ2v) is 9.84. The molecule has 3 unspecified atom stereocenters. The van der Waals surface area contributed by atoms with Crippen LogP contribution in [0.1, 0.15) is 34.1 Å². The first-order valence-corrected chi connectivity index (χ1v) is 13.2. The number of nitrogens with zero attached hydrogens (tertiary/aromatic N) is 9. The number of hydroxylamine groups is 1. The van der Waals surface area contributed by atoms with Gasteiger partial charge in [0.25, 0.3) is 0 Å². The van der Waals surface area contributed by atoms with Gasteiger partial charge in [-0.25, -0.2) is 20.0 Å². The molecule has 6 aromatic rings. The number of hydrogen-bond acceptors (Lipinski definition) is 13. The lowest BCUT2D eigenvalue weighted by Gasteiger charge is -2.43. The molecule has 6 aromatic heterocycles. The van der Waals surface area contributed by atoms with Gasteiger partial charge in [0.2, 0.25) is 11.4 Å². The SMILES string of the molecule is c1ccc(N2OC(c3cnccn3)C(c3cccnn3)(c3nccs3)C2(c2ccsn2)c2ncco2)nc1. The number of pyridine rings is 1. The van der Waals surface area contributed by atoms with Gasteiger partial charge < -0.3 is 4.42 Å². The smallest absolute Gasteiger partial charge is 0.230 e. The summed E-state index contributed by atoms with van der Waals surface area (Å²) < 4.78 is 11.0. The Morgan fingerprint density at radius 3 is 2.53 bits per heavy atom. The second kappa shape index (κ2) is 9.13. The van der Waals surface area contributed by atoms with Crippen LogP contribution in [0.25, 0.3) is 0 Å². The number of thiazole rings is 1. The van der Waals surface area contributed by atoms with E-state index in [4.69, 9.17) is 23.6 Å². The predicted molar refractivity (Wildman–Crippen MR) is 137 cm³/mol. The Kier molecular flexibility index (Phi) is 5.46. The molecular formula is C25H17N9O2S2. The van der Waals surface area contributed by atoms with E-state index in [1.807, 2.05) is 47.2 Å². The molecule has 0 bridgehead atoms. The highest BCUT2D eigenvalue weighted by atomic mass is 32.1. The van der Waals surface area contributed by atoms with Crippen LogP contribution in [0.4, 0.5) is 5.82 Å². The Hall–Kier alpha value is -4.46. The van der Waals surface area contributed by atoms with E-state index in [1.54, 1.807) is 48.4 Å². The molecule has 0 amide bonds. The summed E-state index contributed by atoms with van der Waals surface area (Å²) in [5.74, 6) is 0.830. The molecule has 186 valence electrons. The zero-order valence-corrected chi connectivity index (χ0v) is 21.1. The van der Waals surface area contributed by atoms with Crippen LogP contribution in [0.3, 0.4) is 0 Å². The third-order valence-electron chi connectivity index (χ3n) is 6.48. The van der Waals surface area contributed by atoms with Crippen molar-refractivity contribution in [1.29, 1.82) is 0 Å². The van der Waals surface area contributed by atoms with Gasteiger partial charge in [-0.1, -0.05) is 6.07 Å². The Morgan fingerprint density at radius 2 is 1.84 bits per heavy atom. The fraction of sp³-hybridized carbons (Fsp3) is 0.120. The molecule has 38 heavy (non-hydrogen) atoms. The fourth-order valence-corrected chi connectivity index (χ4v) is 6.61. The maximum absolute atomic E-state index is 6.92. The summed E-state index contributed by atoms with van der Waals surface area (Å²) in [6.45, 7) is 0. The summed E-state index contributed by atoms with van der Waals surface area (Å²) in [6, 6.07) is 11.2. The molecule has 1 aliphatic rings. The van der Waals surface area contributed by atoms with Crippen LogP contribution in [-0.2, 0) is 15.8 Å². The van der Waals surface area contributed by atoms with Crippen molar-refractivity contribution < 1.29 is 9.25 Å². The average molecular weight is 540 g/mol. The lowest BCUT2D eigenvalue weighted by molar-refractivity contribution is 0.0594. The summed E-state index contributed by atoms with van der Waals surface area (Å²) in [4.78, 5) is 30.2. The van der Waals surface area contributed by atoms with Crippen molar-refractivity contribution in [1.82, 2.24) is 39.5 Å². The zero-order chi connectivity index (χ0) is 25.4. The molecule has 3 atom stereocenters. The summed E-state index contributed by atoms with van der Waals surface area (Å²) >= 11 is 2.76. The molecule has 1 fully saturated rings. The summed E-state index contributed by atoms with van der Waals surface area (Å²) in [6.07, 6.45) is 12.3. The van der Waals surface area contributed by atoms with Crippen LogP contribution in [-0.4, -0.2) is 39.5 Å². The van der Waals surface area contributed by atoms with Gasteiger partial charge in [-0.05, 0) is 41.9 Å². The highest BCUT2D eigenvalue weighted by Gasteiger charge is 2.76. The maximum atomic E-state index is 6.92. The lowest BCUT2D eigenvalue weighted by Crippen LogP contribution is -2.57. The minimum Gasteiger partial charge on any atom is -0.446 e. The normalized spacial score (nSPS) is 23.1. The number of aromatic nitrogens is 8. The van der Waals surface area contributed by atoms with E-state index in [9.17, 15) is 0 Å². The Morgan fingerprint density at radius 1 is 0.842 bits per heavy atom. The zero-order valence-electron chi connectivity index (χ0n) is 19.5. The van der Waals surface area contributed by atoms with Gasteiger partial charge in [0.15, 0.2) is 11.9 Å². The maximum Gasteiger partial charge on any atom is 0.230 e. The molecule has 0 aliphatic carbocycles. The minimum absolute atomic E-state index is 0.321.